The highest BCUT2D eigenvalue weighted by molar-refractivity contribution is 5.75. The predicted octanol–water partition coefficient (Wildman–Crippen LogP) is 3.79. The number of hydrogen-bond acceptors (Lipinski definition) is 3. The summed E-state index contributed by atoms with van der Waals surface area (Å²) in [5, 5.41) is 9.72. The molecular formula is C20H22O4. The molecular weight excluding hydrogens is 304 g/mol. The van der Waals surface area contributed by atoms with E-state index in [9.17, 15) is 9.90 Å². The summed E-state index contributed by atoms with van der Waals surface area (Å²) in [5.41, 5.74) is 2.51. The molecule has 0 unspecified atom stereocenters. The maximum absolute atomic E-state index is 11.8. The maximum atomic E-state index is 11.8. The van der Waals surface area contributed by atoms with Gasteiger partial charge in [0, 0.05) is 13.2 Å². The fourth-order valence-corrected chi connectivity index (χ4v) is 3.26. The van der Waals surface area contributed by atoms with E-state index in [4.69, 9.17) is 9.47 Å². The number of carboxylic acids is 1. The summed E-state index contributed by atoms with van der Waals surface area (Å²) >= 11 is 0. The molecule has 1 saturated heterocycles. The Morgan fingerprint density at radius 1 is 1.12 bits per heavy atom. The fraction of sp³-hybridized carbons (Fsp3) is 0.350. The van der Waals surface area contributed by atoms with Crippen molar-refractivity contribution in [2.45, 2.75) is 19.3 Å². The fourth-order valence-electron chi connectivity index (χ4n) is 3.26. The van der Waals surface area contributed by atoms with Crippen molar-refractivity contribution in [1.82, 2.24) is 0 Å². The van der Waals surface area contributed by atoms with E-state index in [1.165, 1.54) is 0 Å². The number of rotatable bonds is 5. The standard InChI is InChI=1S/C20H22O4/c1-23-18-7-5-16(6-8-18)17-4-2-3-15(13-17)14-20(19(21)22)9-11-24-12-10-20/h2-8,13H,9-12,14H2,1H3,(H,21,22). The molecule has 1 N–H and O–H groups in total. The molecule has 0 amide bonds. The smallest absolute Gasteiger partial charge is 0.310 e. The molecule has 0 spiro atoms. The van der Waals surface area contributed by atoms with Crippen molar-refractivity contribution in [3.8, 4) is 16.9 Å². The lowest BCUT2D eigenvalue weighted by molar-refractivity contribution is -0.154. The Balaban J connectivity index is 1.85. The number of hydrogen-bond donors (Lipinski definition) is 1. The van der Waals surface area contributed by atoms with Crippen molar-refractivity contribution >= 4 is 5.97 Å². The molecule has 3 rings (SSSR count). The molecule has 1 aliphatic heterocycles. The van der Waals surface area contributed by atoms with Gasteiger partial charge in [-0.05, 0) is 48.1 Å². The van der Waals surface area contributed by atoms with Gasteiger partial charge in [0.1, 0.15) is 5.75 Å². The summed E-state index contributed by atoms with van der Waals surface area (Å²) < 4.78 is 10.5. The molecule has 0 atom stereocenters. The molecule has 1 fully saturated rings. The second-order valence-corrected chi connectivity index (χ2v) is 6.30. The minimum atomic E-state index is -0.722. The van der Waals surface area contributed by atoms with Gasteiger partial charge in [-0.25, -0.2) is 0 Å². The average Bonchev–Trinajstić information content (AvgIpc) is 2.63. The van der Waals surface area contributed by atoms with Crippen LogP contribution in [0.2, 0.25) is 0 Å². The van der Waals surface area contributed by atoms with E-state index in [-0.39, 0.29) is 0 Å². The highest BCUT2D eigenvalue weighted by atomic mass is 16.5. The van der Waals surface area contributed by atoms with Crippen LogP contribution in [0, 0.1) is 5.41 Å². The molecule has 0 aromatic heterocycles. The van der Waals surface area contributed by atoms with Gasteiger partial charge in [0.2, 0.25) is 0 Å². The van der Waals surface area contributed by atoms with Crippen molar-refractivity contribution in [3.63, 3.8) is 0 Å². The van der Waals surface area contributed by atoms with Gasteiger partial charge < -0.3 is 14.6 Å². The molecule has 24 heavy (non-hydrogen) atoms. The molecule has 1 heterocycles. The number of carbonyl (C=O) groups is 1. The van der Waals surface area contributed by atoms with Gasteiger partial charge in [-0.1, -0.05) is 36.4 Å². The third-order valence-electron chi connectivity index (χ3n) is 4.80. The van der Waals surface area contributed by atoms with E-state index in [0.29, 0.717) is 32.5 Å². The Kier molecular flexibility index (Phi) is 4.86. The van der Waals surface area contributed by atoms with Crippen molar-refractivity contribution < 1.29 is 19.4 Å². The first-order valence-corrected chi connectivity index (χ1v) is 8.17. The average molecular weight is 326 g/mol. The first-order valence-electron chi connectivity index (χ1n) is 8.17. The minimum absolute atomic E-state index is 0.518. The lowest BCUT2D eigenvalue weighted by atomic mass is 9.75. The largest absolute Gasteiger partial charge is 0.497 e. The normalized spacial score (nSPS) is 16.5. The van der Waals surface area contributed by atoms with E-state index in [0.717, 1.165) is 22.4 Å². The zero-order chi connectivity index (χ0) is 17.0. The van der Waals surface area contributed by atoms with Gasteiger partial charge in [-0.15, -0.1) is 0 Å². The van der Waals surface area contributed by atoms with E-state index in [1.54, 1.807) is 7.11 Å². The quantitative estimate of drug-likeness (QED) is 0.908. The van der Waals surface area contributed by atoms with Crippen LogP contribution in [-0.4, -0.2) is 31.4 Å². The number of carboxylic acid groups (broad SMARTS) is 1. The Hall–Kier alpha value is -2.33. The van der Waals surface area contributed by atoms with E-state index in [1.807, 2.05) is 42.5 Å². The molecule has 0 aliphatic carbocycles. The van der Waals surface area contributed by atoms with Crippen LogP contribution in [0.4, 0.5) is 0 Å². The first-order chi connectivity index (χ1) is 11.6. The van der Waals surface area contributed by atoms with Gasteiger partial charge >= 0.3 is 5.97 Å². The van der Waals surface area contributed by atoms with Crippen molar-refractivity contribution in [2.24, 2.45) is 5.41 Å². The molecule has 1 aliphatic rings. The zero-order valence-electron chi connectivity index (χ0n) is 13.8. The third kappa shape index (κ3) is 3.44. The first kappa shape index (κ1) is 16.5. The van der Waals surface area contributed by atoms with Crippen LogP contribution in [0.1, 0.15) is 18.4 Å². The van der Waals surface area contributed by atoms with Gasteiger partial charge in [0.15, 0.2) is 0 Å². The van der Waals surface area contributed by atoms with Crippen LogP contribution in [-0.2, 0) is 16.0 Å². The molecule has 0 radical (unpaired) electrons. The van der Waals surface area contributed by atoms with Crippen molar-refractivity contribution in [3.05, 3.63) is 54.1 Å². The summed E-state index contributed by atoms with van der Waals surface area (Å²) in [7, 11) is 1.65. The topological polar surface area (TPSA) is 55.8 Å². The van der Waals surface area contributed by atoms with Crippen LogP contribution in [0.5, 0.6) is 5.75 Å². The summed E-state index contributed by atoms with van der Waals surface area (Å²) in [6.07, 6.45) is 1.67. The van der Waals surface area contributed by atoms with Gasteiger partial charge in [-0.3, -0.25) is 4.79 Å². The van der Waals surface area contributed by atoms with Crippen LogP contribution in [0.15, 0.2) is 48.5 Å². The van der Waals surface area contributed by atoms with Crippen molar-refractivity contribution in [2.75, 3.05) is 20.3 Å². The Labute approximate surface area is 142 Å². The van der Waals surface area contributed by atoms with Gasteiger partial charge in [0.05, 0.1) is 12.5 Å². The summed E-state index contributed by atoms with van der Waals surface area (Å²) in [6, 6.07) is 16.0. The Bertz CT molecular complexity index is 700. The third-order valence-corrected chi connectivity index (χ3v) is 4.80. The summed E-state index contributed by atoms with van der Waals surface area (Å²) in [6.45, 7) is 1.04. The lowest BCUT2D eigenvalue weighted by Crippen LogP contribution is -2.39. The molecule has 4 nitrogen and oxygen atoms in total. The molecule has 2 aromatic rings. The summed E-state index contributed by atoms with van der Waals surface area (Å²) in [5.74, 6) is 0.0996. The lowest BCUT2D eigenvalue weighted by Gasteiger charge is -2.33. The van der Waals surface area contributed by atoms with Crippen LogP contribution in [0.25, 0.3) is 11.1 Å². The summed E-state index contributed by atoms with van der Waals surface area (Å²) in [4.78, 5) is 11.8. The number of methoxy groups -OCH3 is 1. The highest BCUT2D eigenvalue weighted by Crippen LogP contribution is 2.35. The number of ether oxygens (including phenoxy) is 2. The van der Waals surface area contributed by atoms with Gasteiger partial charge in [-0.2, -0.15) is 0 Å². The minimum Gasteiger partial charge on any atom is -0.497 e. The Morgan fingerprint density at radius 2 is 1.83 bits per heavy atom. The second kappa shape index (κ2) is 7.05. The second-order valence-electron chi connectivity index (χ2n) is 6.30. The SMILES string of the molecule is COc1ccc(-c2cccc(CC3(C(=O)O)CCOCC3)c2)cc1. The van der Waals surface area contributed by atoms with Crippen LogP contribution >= 0.6 is 0 Å². The molecule has 0 bridgehead atoms. The van der Waals surface area contributed by atoms with Crippen LogP contribution in [0.3, 0.4) is 0 Å². The number of aliphatic carboxylic acids is 1. The molecule has 2 aromatic carbocycles. The van der Waals surface area contributed by atoms with Crippen LogP contribution < -0.4 is 4.74 Å². The maximum Gasteiger partial charge on any atom is 0.310 e. The van der Waals surface area contributed by atoms with E-state index >= 15 is 0 Å². The predicted molar refractivity (Wildman–Crippen MR) is 92.3 cm³/mol. The monoisotopic (exact) mass is 326 g/mol. The van der Waals surface area contributed by atoms with E-state index in [2.05, 4.69) is 6.07 Å². The zero-order valence-corrected chi connectivity index (χ0v) is 13.8. The highest BCUT2D eigenvalue weighted by Gasteiger charge is 2.40. The molecule has 0 saturated carbocycles. The molecule has 126 valence electrons. The van der Waals surface area contributed by atoms with Crippen molar-refractivity contribution in [1.29, 1.82) is 0 Å². The van der Waals surface area contributed by atoms with E-state index < -0.39 is 11.4 Å². The number of benzene rings is 2. The molecule has 4 heteroatoms. The van der Waals surface area contributed by atoms with Gasteiger partial charge in [0.25, 0.3) is 0 Å². The Morgan fingerprint density at radius 3 is 2.46 bits per heavy atom.